The van der Waals surface area contributed by atoms with E-state index in [1.165, 1.54) is 19.2 Å². The largest absolute Gasteiger partial charge is 0.478 e. The maximum absolute atomic E-state index is 12.2. The van der Waals surface area contributed by atoms with Gasteiger partial charge in [-0.1, -0.05) is 11.6 Å². The fourth-order valence-electron chi connectivity index (χ4n) is 1.50. The Labute approximate surface area is 118 Å². The molecular formula is C10H9ClN4O4S. The number of sulfone groups is 1. The average Bonchev–Trinajstić information content (AvgIpc) is 2.73. The molecule has 0 amide bonds. The standard InChI is InChI=1S/C10H9ClN4O4S/c1-15-13-9(12-14-15)5-20(18,19)8-4-6(10(16)17)2-3-7(8)11/h2-4H,5H2,1H3,(H,16,17). The van der Waals surface area contributed by atoms with Crippen LogP contribution >= 0.6 is 11.6 Å². The van der Waals surface area contributed by atoms with E-state index in [4.69, 9.17) is 16.7 Å². The van der Waals surface area contributed by atoms with Crippen LogP contribution in [0.1, 0.15) is 16.2 Å². The lowest BCUT2D eigenvalue weighted by Gasteiger charge is -2.05. The molecule has 2 rings (SSSR count). The smallest absolute Gasteiger partial charge is 0.335 e. The van der Waals surface area contributed by atoms with Crippen LogP contribution in [0, 0.1) is 0 Å². The molecule has 0 fully saturated rings. The molecule has 1 N–H and O–H groups in total. The molecule has 0 radical (unpaired) electrons. The number of benzene rings is 1. The molecule has 0 saturated carbocycles. The number of aryl methyl sites for hydroxylation is 1. The molecule has 0 aliphatic heterocycles. The monoisotopic (exact) mass is 316 g/mol. The van der Waals surface area contributed by atoms with E-state index in [9.17, 15) is 13.2 Å². The van der Waals surface area contributed by atoms with E-state index in [1.54, 1.807) is 0 Å². The molecule has 0 aliphatic rings. The quantitative estimate of drug-likeness (QED) is 0.875. The molecule has 0 atom stereocenters. The first kappa shape index (κ1) is 14.4. The molecule has 8 nitrogen and oxygen atoms in total. The number of carboxylic acids is 1. The number of aromatic carboxylic acids is 1. The van der Waals surface area contributed by atoms with Crippen LogP contribution in [-0.2, 0) is 22.6 Å². The van der Waals surface area contributed by atoms with Crippen LogP contribution in [0.3, 0.4) is 0 Å². The van der Waals surface area contributed by atoms with Gasteiger partial charge in [-0.3, -0.25) is 0 Å². The predicted octanol–water partition coefficient (Wildman–Crippen LogP) is 0.536. The number of tetrazole rings is 1. The van der Waals surface area contributed by atoms with Crippen LogP contribution in [0.4, 0.5) is 0 Å². The minimum atomic E-state index is -3.86. The van der Waals surface area contributed by atoms with Crippen LogP contribution in [0.2, 0.25) is 5.02 Å². The summed E-state index contributed by atoms with van der Waals surface area (Å²) in [6.07, 6.45) is 0. The van der Waals surface area contributed by atoms with Gasteiger partial charge in [-0.25, -0.2) is 13.2 Å². The molecule has 0 saturated heterocycles. The number of nitrogens with zero attached hydrogens (tertiary/aromatic N) is 4. The summed E-state index contributed by atoms with van der Waals surface area (Å²) in [5.41, 5.74) is -0.167. The summed E-state index contributed by atoms with van der Waals surface area (Å²) in [4.78, 5) is 11.7. The molecule has 20 heavy (non-hydrogen) atoms. The fourth-order valence-corrected chi connectivity index (χ4v) is 3.26. The Balaban J connectivity index is 2.43. The maximum atomic E-state index is 12.2. The Morgan fingerprint density at radius 1 is 1.45 bits per heavy atom. The Bertz CT molecular complexity index is 771. The van der Waals surface area contributed by atoms with E-state index in [1.807, 2.05) is 0 Å². The topological polar surface area (TPSA) is 115 Å². The van der Waals surface area contributed by atoms with Crippen molar-refractivity contribution >= 4 is 27.4 Å². The minimum absolute atomic E-state index is 0.00398. The van der Waals surface area contributed by atoms with E-state index in [0.717, 1.165) is 10.9 Å². The van der Waals surface area contributed by atoms with Crippen molar-refractivity contribution < 1.29 is 18.3 Å². The van der Waals surface area contributed by atoms with E-state index >= 15 is 0 Å². The molecule has 2 aromatic rings. The highest BCUT2D eigenvalue weighted by Crippen LogP contribution is 2.25. The number of aromatic nitrogens is 4. The highest BCUT2D eigenvalue weighted by atomic mass is 35.5. The summed E-state index contributed by atoms with van der Waals surface area (Å²) in [7, 11) is -2.36. The number of carbonyl (C=O) groups is 1. The number of hydrogen-bond acceptors (Lipinski definition) is 6. The van der Waals surface area contributed by atoms with Gasteiger partial charge < -0.3 is 5.11 Å². The molecule has 0 spiro atoms. The van der Waals surface area contributed by atoms with E-state index in [2.05, 4.69) is 15.4 Å². The van der Waals surface area contributed by atoms with E-state index < -0.39 is 21.6 Å². The van der Waals surface area contributed by atoms with E-state index in [-0.39, 0.29) is 21.3 Å². The zero-order valence-corrected chi connectivity index (χ0v) is 11.8. The summed E-state index contributed by atoms with van der Waals surface area (Å²) in [6.45, 7) is 0. The normalized spacial score (nSPS) is 11.5. The van der Waals surface area contributed by atoms with Crippen LogP contribution in [-0.4, -0.2) is 39.7 Å². The number of carboxylic acid groups (broad SMARTS) is 1. The van der Waals surface area contributed by atoms with Gasteiger partial charge in [0.15, 0.2) is 15.7 Å². The van der Waals surface area contributed by atoms with Gasteiger partial charge >= 0.3 is 5.97 Å². The van der Waals surface area contributed by atoms with Gasteiger partial charge in [-0.05, 0) is 23.4 Å². The van der Waals surface area contributed by atoms with Gasteiger partial charge in [0.1, 0.15) is 5.75 Å². The Hall–Kier alpha value is -2.00. The zero-order chi connectivity index (χ0) is 14.9. The molecule has 106 valence electrons. The lowest BCUT2D eigenvalue weighted by Crippen LogP contribution is -2.09. The second-order valence-electron chi connectivity index (χ2n) is 3.90. The van der Waals surface area contributed by atoms with Crippen molar-refractivity contribution in [2.45, 2.75) is 10.6 Å². The molecule has 1 aromatic carbocycles. The summed E-state index contributed by atoms with van der Waals surface area (Å²) < 4.78 is 24.4. The average molecular weight is 317 g/mol. The molecular weight excluding hydrogens is 308 g/mol. The molecule has 0 aliphatic carbocycles. The van der Waals surface area contributed by atoms with Crippen LogP contribution in [0.5, 0.6) is 0 Å². The summed E-state index contributed by atoms with van der Waals surface area (Å²) in [5, 5.41) is 19.7. The van der Waals surface area contributed by atoms with Gasteiger partial charge in [0.2, 0.25) is 0 Å². The SMILES string of the molecule is Cn1nnc(CS(=O)(=O)c2cc(C(=O)O)ccc2Cl)n1. The first-order valence-electron chi connectivity index (χ1n) is 5.28. The van der Waals surface area contributed by atoms with Crippen LogP contribution in [0.25, 0.3) is 0 Å². The predicted molar refractivity (Wildman–Crippen MR) is 68.1 cm³/mol. The van der Waals surface area contributed by atoms with Crippen molar-refractivity contribution in [3.8, 4) is 0 Å². The van der Waals surface area contributed by atoms with Crippen LogP contribution < -0.4 is 0 Å². The minimum Gasteiger partial charge on any atom is -0.478 e. The zero-order valence-electron chi connectivity index (χ0n) is 10.2. The molecule has 0 bridgehead atoms. The Morgan fingerprint density at radius 3 is 2.70 bits per heavy atom. The molecule has 1 aromatic heterocycles. The number of halogens is 1. The van der Waals surface area contributed by atoms with Crippen molar-refractivity contribution in [2.75, 3.05) is 0 Å². The summed E-state index contributed by atoms with van der Waals surface area (Å²) in [5.74, 6) is -1.75. The Kier molecular flexibility index (Phi) is 3.73. The first-order chi connectivity index (χ1) is 9.29. The van der Waals surface area contributed by atoms with Crippen LogP contribution in [0.15, 0.2) is 23.1 Å². The van der Waals surface area contributed by atoms with Crippen molar-refractivity contribution in [3.05, 3.63) is 34.6 Å². The van der Waals surface area contributed by atoms with Gasteiger partial charge in [0.05, 0.1) is 22.5 Å². The highest BCUT2D eigenvalue weighted by Gasteiger charge is 2.23. The lowest BCUT2D eigenvalue weighted by molar-refractivity contribution is 0.0696. The van der Waals surface area contributed by atoms with Gasteiger partial charge in [-0.2, -0.15) is 4.80 Å². The Morgan fingerprint density at radius 2 is 2.15 bits per heavy atom. The van der Waals surface area contributed by atoms with Crippen molar-refractivity contribution in [2.24, 2.45) is 7.05 Å². The molecule has 10 heteroatoms. The third-order valence-electron chi connectivity index (χ3n) is 2.38. The highest BCUT2D eigenvalue weighted by molar-refractivity contribution is 7.90. The van der Waals surface area contributed by atoms with Crippen molar-refractivity contribution in [1.82, 2.24) is 20.2 Å². The van der Waals surface area contributed by atoms with E-state index in [0.29, 0.717) is 0 Å². The number of rotatable bonds is 4. The van der Waals surface area contributed by atoms with Crippen molar-refractivity contribution in [1.29, 1.82) is 0 Å². The first-order valence-corrected chi connectivity index (χ1v) is 7.31. The maximum Gasteiger partial charge on any atom is 0.335 e. The third kappa shape index (κ3) is 2.94. The molecule has 1 heterocycles. The fraction of sp³-hybridized carbons (Fsp3) is 0.200. The number of hydrogen-bond donors (Lipinski definition) is 1. The van der Waals surface area contributed by atoms with Crippen molar-refractivity contribution in [3.63, 3.8) is 0 Å². The summed E-state index contributed by atoms with van der Waals surface area (Å²) >= 11 is 5.82. The summed E-state index contributed by atoms with van der Waals surface area (Å²) in [6, 6.07) is 3.46. The van der Waals surface area contributed by atoms with Gasteiger partial charge in [-0.15, -0.1) is 10.2 Å². The molecule has 0 unspecified atom stereocenters. The lowest BCUT2D eigenvalue weighted by atomic mass is 10.2. The second kappa shape index (κ2) is 5.17. The van der Waals surface area contributed by atoms with Gasteiger partial charge in [0, 0.05) is 0 Å². The van der Waals surface area contributed by atoms with Gasteiger partial charge in [0.25, 0.3) is 0 Å². The second-order valence-corrected chi connectivity index (χ2v) is 6.27. The third-order valence-corrected chi connectivity index (χ3v) is 4.47.